The number of esters is 2. The maximum atomic E-state index is 12.9. The second-order valence-corrected chi connectivity index (χ2v) is 7.54. The summed E-state index contributed by atoms with van der Waals surface area (Å²) in [5, 5.41) is 11.1. The molecule has 1 aliphatic heterocycles. The van der Waals surface area contributed by atoms with Crippen molar-refractivity contribution < 1.29 is 51.4 Å². The molecule has 1 aliphatic rings. The Hall–Kier alpha value is -3.42. The van der Waals surface area contributed by atoms with Crippen molar-refractivity contribution in [3.63, 3.8) is 0 Å². The normalized spacial score (nSPS) is 19.8. The van der Waals surface area contributed by atoms with E-state index in [2.05, 4.69) is 0 Å². The monoisotopic (exact) mass is 519 g/mol. The molecule has 1 heterocycles. The summed E-state index contributed by atoms with van der Waals surface area (Å²) in [6.45, 7) is 1.03. The van der Waals surface area contributed by atoms with Crippen molar-refractivity contribution >= 4 is 29.2 Å². The number of carbonyl (C=O) groups excluding carboxylic acids is 2. The van der Waals surface area contributed by atoms with Crippen LogP contribution in [0.4, 0.5) is 18.9 Å². The second-order valence-electron chi connectivity index (χ2n) is 7.14. The lowest BCUT2D eigenvalue weighted by atomic mass is 10.1. The molecule has 35 heavy (non-hydrogen) atoms. The van der Waals surface area contributed by atoms with Crippen LogP contribution in [0.1, 0.15) is 22.8 Å². The molecule has 3 rings (SSSR count). The van der Waals surface area contributed by atoms with Crippen LogP contribution in [-0.2, 0) is 29.9 Å². The molecule has 0 radical (unpaired) electrons. The smallest absolute Gasteiger partial charge is 0.416 e. The topological polar surface area (TPSA) is 123 Å². The summed E-state index contributed by atoms with van der Waals surface area (Å²) in [6, 6.07) is 5.40. The van der Waals surface area contributed by atoms with Gasteiger partial charge in [-0.2, -0.15) is 13.2 Å². The molecule has 1 fully saturated rings. The fraction of sp³-hybridized carbons (Fsp3) is 0.333. The van der Waals surface area contributed by atoms with Crippen molar-refractivity contribution in [3.8, 4) is 11.5 Å². The molecule has 0 spiro atoms. The number of methoxy groups -OCH3 is 1. The number of alkyl halides is 3. The lowest BCUT2D eigenvalue weighted by Gasteiger charge is -2.21. The van der Waals surface area contributed by atoms with E-state index in [1.165, 1.54) is 7.11 Å². The minimum absolute atomic E-state index is 0.0793. The highest BCUT2D eigenvalue weighted by atomic mass is 35.5. The molecule has 0 N–H and O–H groups in total. The van der Waals surface area contributed by atoms with Crippen LogP contribution in [0.25, 0.3) is 0 Å². The molecule has 0 aromatic heterocycles. The third kappa shape index (κ3) is 6.18. The molecular formula is C21H17ClF3NO9. The molecular weight excluding hydrogens is 503 g/mol. The van der Waals surface area contributed by atoms with E-state index in [0.717, 1.165) is 37.3 Å². The third-order valence-electron chi connectivity index (χ3n) is 4.76. The molecule has 0 aliphatic carbocycles. The Balaban J connectivity index is 1.88. The van der Waals surface area contributed by atoms with E-state index in [1.54, 1.807) is 0 Å². The van der Waals surface area contributed by atoms with Crippen LogP contribution in [0, 0.1) is 10.1 Å². The van der Waals surface area contributed by atoms with Crippen molar-refractivity contribution in [1.29, 1.82) is 0 Å². The van der Waals surface area contributed by atoms with Crippen LogP contribution >= 0.6 is 11.6 Å². The number of halogens is 4. The Morgan fingerprint density at radius 1 is 1.17 bits per heavy atom. The van der Waals surface area contributed by atoms with Crippen molar-refractivity contribution in [1.82, 2.24) is 0 Å². The van der Waals surface area contributed by atoms with Gasteiger partial charge in [-0.25, -0.2) is 4.79 Å². The minimum Gasteiger partial charge on any atom is -0.456 e. The van der Waals surface area contributed by atoms with Gasteiger partial charge in [0.25, 0.3) is 5.69 Å². The average molecular weight is 520 g/mol. The van der Waals surface area contributed by atoms with Crippen LogP contribution in [0.5, 0.6) is 11.5 Å². The molecule has 3 unspecified atom stereocenters. The number of hydrogen-bond donors (Lipinski definition) is 0. The van der Waals surface area contributed by atoms with Crippen LogP contribution in [-0.4, -0.2) is 49.1 Å². The summed E-state index contributed by atoms with van der Waals surface area (Å²) < 4.78 is 64.6. The number of rotatable bonds is 7. The van der Waals surface area contributed by atoms with E-state index < -0.39 is 58.4 Å². The Morgan fingerprint density at radius 3 is 2.46 bits per heavy atom. The van der Waals surface area contributed by atoms with Gasteiger partial charge in [0, 0.05) is 26.2 Å². The zero-order valence-electron chi connectivity index (χ0n) is 18.0. The van der Waals surface area contributed by atoms with Crippen LogP contribution < -0.4 is 4.74 Å². The summed E-state index contributed by atoms with van der Waals surface area (Å²) in [5.74, 6) is -2.24. The van der Waals surface area contributed by atoms with Gasteiger partial charge < -0.3 is 23.7 Å². The summed E-state index contributed by atoms with van der Waals surface area (Å²) in [4.78, 5) is 34.8. The fourth-order valence-electron chi connectivity index (χ4n) is 3.13. The first-order chi connectivity index (χ1) is 16.4. The maximum Gasteiger partial charge on any atom is 0.416 e. The summed E-state index contributed by atoms with van der Waals surface area (Å²) in [6.07, 6.45) is -7.98. The van der Waals surface area contributed by atoms with E-state index >= 15 is 0 Å². The highest BCUT2D eigenvalue weighted by molar-refractivity contribution is 6.32. The number of nitro groups is 1. The number of hydrogen-bond acceptors (Lipinski definition) is 9. The first kappa shape index (κ1) is 26.2. The van der Waals surface area contributed by atoms with E-state index in [-0.39, 0.29) is 23.1 Å². The predicted octanol–water partition coefficient (Wildman–Crippen LogP) is 4.52. The standard InChI is InChI=1S/C21H17ClF3NO9/c1-10(27)33-20-18(17(31-2)9-32-20)35-19(28)13-8-12(4-5-15(13)26(29)30)34-16-6-3-11(7-14(16)22)21(23,24)25/h3-8,17-18,20H,9H2,1-2H3. The first-order valence-corrected chi connectivity index (χ1v) is 10.1. The van der Waals surface area contributed by atoms with Gasteiger partial charge >= 0.3 is 18.1 Å². The lowest BCUT2D eigenvalue weighted by Crippen LogP contribution is -2.38. The number of ether oxygens (including phenoxy) is 5. The van der Waals surface area contributed by atoms with Crippen LogP contribution in [0.15, 0.2) is 36.4 Å². The Bertz CT molecular complexity index is 1140. The largest absolute Gasteiger partial charge is 0.456 e. The molecule has 0 bridgehead atoms. The van der Waals surface area contributed by atoms with E-state index in [9.17, 15) is 32.9 Å². The fourth-order valence-corrected chi connectivity index (χ4v) is 3.35. The molecule has 188 valence electrons. The van der Waals surface area contributed by atoms with Gasteiger partial charge in [0.05, 0.1) is 22.1 Å². The molecule has 14 heteroatoms. The first-order valence-electron chi connectivity index (χ1n) is 9.76. The zero-order valence-corrected chi connectivity index (χ0v) is 18.8. The van der Waals surface area contributed by atoms with E-state index in [0.29, 0.717) is 6.07 Å². The lowest BCUT2D eigenvalue weighted by molar-refractivity contribution is -0.385. The quantitative estimate of drug-likeness (QED) is 0.295. The van der Waals surface area contributed by atoms with Crippen LogP contribution in [0.2, 0.25) is 5.02 Å². The van der Waals surface area contributed by atoms with Crippen molar-refractivity contribution in [3.05, 3.63) is 62.7 Å². The Morgan fingerprint density at radius 2 is 1.89 bits per heavy atom. The summed E-state index contributed by atoms with van der Waals surface area (Å²) in [5.41, 5.74) is -2.19. The number of benzene rings is 2. The van der Waals surface area contributed by atoms with Gasteiger partial charge in [0.1, 0.15) is 23.2 Å². The van der Waals surface area contributed by atoms with Gasteiger partial charge in [0.2, 0.25) is 6.29 Å². The van der Waals surface area contributed by atoms with Crippen molar-refractivity contribution in [2.45, 2.75) is 31.6 Å². The second kappa shape index (κ2) is 10.5. The zero-order chi connectivity index (χ0) is 25.9. The van der Waals surface area contributed by atoms with E-state index in [1.807, 2.05) is 0 Å². The summed E-state index contributed by atoms with van der Waals surface area (Å²) in [7, 11) is 1.30. The third-order valence-corrected chi connectivity index (χ3v) is 5.05. The SMILES string of the molecule is COC1COC(OC(C)=O)C1OC(=O)c1cc(Oc2ccc(C(F)(F)F)cc2Cl)ccc1[N+](=O)[O-]. The number of nitro benzene ring substituents is 1. The maximum absolute atomic E-state index is 12.9. The van der Waals surface area contributed by atoms with Gasteiger partial charge in [0.15, 0.2) is 6.10 Å². The highest BCUT2D eigenvalue weighted by Crippen LogP contribution is 2.37. The molecule has 2 aromatic rings. The predicted molar refractivity (Wildman–Crippen MR) is 111 cm³/mol. The molecule has 0 saturated carbocycles. The van der Waals surface area contributed by atoms with Gasteiger partial charge in [-0.3, -0.25) is 14.9 Å². The van der Waals surface area contributed by atoms with E-state index in [4.69, 9.17) is 35.3 Å². The average Bonchev–Trinajstić information content (AvgIpc) is 3.14. The van der Waals surface area contributed by atoms with Gasteiger partial charge in [-0.05, 0) is 24.3 Å². The van der Waals surface area contributed by atoms with Gasteiger partial charge in [-0.15, -0.1) is 0 Å². The Labute approximate surface area is 200 Å². The number of nitrogens with zero attached hydrogens (tertiary/aromatic N) is 1. The molecule has 2 aromatic carbocycles. The number of carbonyl (C=O) groups is 2. The minimum atomic E-state index is -4.62. The highest BCUT2D eigenvalue weighted by Gasteiger charge is 2.43. The Kier molecular flexibility index (Phi) is 7.83. The van der Waals surface area contributed by atoms with Crippen molar-refractivity contribution in [2.24, 2.45) is 0 Å². The molecule has 3 atom stereocenters. The van der Waals surface area contributed by atoms with Crippen molar-refractivity contribution in [2.75, 3.05) is 13.7 Å². The van der Waals surface area contributed by atoms with Gasteiger partial charge in [-0.1, -0.05) is 11.6 Å². The van der Waals surface area contributed by atoms with Crippen LogP contribution in [0.3, 0.4) is 0 Å². The molecule has 1 saturated heterocycles. The summed E-state index contributed by atoms with van der Waals surface area (Å²) >= 11 is 5.88. The molecule has 10 nitrogen and oxygen atoms in total. The molecule has 0 amide bonds.